The molecule has 0 N–H and O–H groups in total. The summed E-state index contributed by atoms with van der Waals surface area (Å²) >= 11 is 0. The Morgan fingerprint density at radius 1 is 0.783 bits per heavy atom. The first-order chi connectivity index (χ1) is 11.1. The van der Waals surface area contributed by atoms with E-state index in [1.54, 1.807) is 0 Å². The van der Waals surface area contributed by atoms with Crippen molar-refractivity contribution in [2.75, 3.05) is 13.2 Å². The molecule has 0 aromatic heterocycles. The van der Waals surface area contributed by atoms with Gasteiger partial charge in [-0.3, -0.25) is 0 Å². The van der Waals surface area contributed by atoms with E-state index >= 15 is 0 Å². The molecule has 0 spiro atoms. The zero-order valence-corrected chi connectivity index (χ0v) is 13.7. The van der Waals surface area contributed by atoms with Crippen molar-refractivity contribution >= 4 is 0 Å². The van der Waals surface area contributed by atoms with Crippen LogP contribution >= 0.6 is 0 Å². The molecule has 0 bridgehead atoms. The van der Waals surface area contributed by atoms with Crippen LogP contribution in [-0.2, 0) is 14.9 Å². The maximum absolute atomic E-state index is 5.39. The third-order valence-electron chi connectivity index (χ3n) is 4.72. The molecule has 2 fully saturated rings. The molecule has 0 saturated carbocycles. The molecular weight excluding hydrogens is 284 g/mol. The van der Waals surface area contributed by atoms with E-state index in [-0.39, 0.29) is 17.6 Å². The van der Waals surface area contributed by atoms with Crippen molar-refractivity contribution < 1.29 is 9.47 Å². The normalized spacial score (nSPS) is 22.9. The minimum atomic E-state index is -0.0794. The highest BCUT2D eigenvalue weighted by molar-refractivity contribution is 5.50. The van der Waals surface area contributed by atoms with E-state index in [0.717, 1.165) is 13.2 Å². The molecule has 2 aliphatic rings. The Kier molecular flexibility index (Phi) is 3.74. The van der Waals surface area contributed by atoms with Crippen molar-refractivity contribution in [3.05, 3.63) is 83.6 Å². The van der Waals surface area contributed by atoms with Gasteiger partial charge in [-0.25, -0.2) is 0 Å². The molecule has 2 radical (unpaired) electrons. The SMILES string of the molecule is CC(C)(c1ccccc1[CH]C1CO1)c1ccccc1[CH]C1CO1. The van der Waals surface area contributed by atoms with Gasteiger partial charge < -0.3 is 9.47 Å². The van der Waals surface area contributed by atoms with Crippen molar-refractivity contribution in [3.63, 3.8) is 0 Å². The molecule has 2 atom stereocenters. The quantitative estimate of drug-likeness (QED) is 0.756. The standard InChI is InChI=1S/C21H22O2/c1-21(2,19-9-5-3-7-15(19)11-17-13-22-17)20-10-6-4-8-16(20)12-18-14-23-18/h3-12,17-18H,13-14H2,1-2H3. The summed E-state index contributed by atoms with van der Waals surface area (Å²) in [5, 5.41) is 0. The van der Waals surface area contributed by atoms with E-state index in [1.807, 2.05) is 0 Å². The van der Waals surface area contributed by atoms with Crippen LogP contribution < -0.4 is 0 Å². The topological polar surface area (TPSA) is 25.1 Å². The van der Waals surface area contributed by atoms with Crippen molar-refractivity contribution in [1.82, 2.24) is 0 Å². The van der Waals surface area contributed by atoms with Gasteiger partial charge in [0.25, 0.3) is 0 Å². The number of rotatable bonds is 6. The van der Waals surface area contributed by atoms with Gasteiger partial charge in [-0.2, -0.15) is 0 Å². The summed E-state index contributed by atoms with van der Waals surface area (Å²) in [6.45, 7) is 6.29. The van der Waals surface area contributed by atoms with Crippen LogP contribution in [0.3, 0.4) is 0 Å². The molecule has 2 aromatic carbocycles. The predicted octanol–water partition coefficient (Wildman–Crippen LogP) is 3.91. The number of epoxide rings is 2. The Hall–Kier alpha value is -1.64. The van der Waals surface area contributed by atoms with Gasteiger partial charge in [-0.15, -0.1) is 0 Å². The smallest absolute Gasteiger partial charge is 0.0885 e. The van der Waals surface area contributed by atoms with Gasteiger partial charge >= 0.3 is 0 Å². The molecule has 4 rings (SSSR count). The largest absolute Gasteiger partial charge is 0.372 e. The maximum atomic E-state index is 5.39. The summed E-state index contributed by atoms with van der Waals surface area (Å²) in [6, 6.07) is 17.3. The zero-order valence-electron chi connectivity index (χ0n) is 13.7. The Morgan fingerprint density at radius 2 is 1.17 bits per heavy atom. The summed E-state index contributed by atoms with van der Waals surface area (Å²) in [4.78, 5) is 0. The highest BCUT2D eigenvalue weighted by Gasteiger charge is 2.32. The average Bonchev–Trinajstić information content (AvgIpc) is 3.45. The highest BCUT2D eigenvalue weighted by atomic mass is 16.6. The molecule has 2 aliphatic heterocycles. The third-order valence-corrected chi connectivity index (χ3v) is 4.72. The zero-order chi connectivity index (χ0) is 15.9. The van der Waals surface area contributed by atoms with E-state index < -0.39 is 0 Å². The van der Waals surface area contributed by atoms with Gasteiger partial charge in [-0.1, -0.05) is 62.4 Å². The molecule has 2 saturated heterocycles. The first kappa shape index (κ1) is 14.9. The fourth-order valence-corrected chi connectivity index (χ4v) is 3.27. The van der Waals surface area contributed by atoms with Gasteiger partial charge in [-0.05, 0) is 22.3 Å². The number of benzene rings is 2. The first-order valence-electron chi connectivity index (χ1n) is 8.26. The van der Waals surface area contributed by atoms with Gasteiger partial charge in [0.05, 0.1) is 25.4 Å². The molecule has 2 heterocycles. The lowest BCUT2D eigenvalue weighted by Crippen LogP contribution is -2.23. The Bertz CT molecular complexity index is 637. The Balaban J connectivity index is 1.72. The number of hydrogen-bond donors (Lipinski definition) is 0. The van der Waals surface area contributed by atoms with Crippen LogP contribution in [0, 0.1) is 12.8 Å². The van der Waals surface area contributed by atoms with E-state index in [2.05, 4.69) is 75.2 Å². The van der Waals surface area contributed by atoms with Gasteiger partial charge in [0.15, 0.2) is 0 Å². The van der Waals surface area contributed by atoms with Crippen LogP contribution in [0.4, 0.5) is 0 Å². The van der Waals surface area contributed by atoms with Gasteiger partial charge in [0.2, 0.25) is 0 Å². The van der Waals surface area contributed by atoms with Crippen LogP contribution in [0.15, 0.2) is 48.5 Å². The summed E-state index contributed by atoms with van der Waals surface area (Å²) < 4.78 is 10.8. The van der Waals surface area contributed by atoms with Crippen LogP contribution in [-0.4, -0.2) is 25.4 Å². The highest BCUT2D eigenvalue weighted by Crippen LogP contribution is 2.38. The van der Waals surface area contributed by atoms with E-state index in [1.165, 1.54) is 22.3 Å². The van der Waals surface area contributed by atoms with Gasteiger partial charge in [0.1, 0.15) is 0 Å². The molecule has 2 unspecified atom stereocenters. The molecular formula is C21H22O2. The molecule has 2 heteroatoms. The minimum absolute atomic E-state index is 0.0794. The average molecular weight is 306 g/mol. The molecule has 118 valence electrons. The second-order valence-electron chi connectivity index (χ2n) is 6.88. The van der Waals surface area contributed by atoms with Crippen LogP contribution in [0.5, 0.6) is 0 Å². The minimum Gasteiger partial charge on any atom is -0.372 e. The van der Waals surface area contributed by atoms with Crippen molar-refractivity contribution in [2.24, 2.45) is 0 Å². The predicted molar refractivity (Wildman–Crippen MR) is 91.3 cm³/mol. The fraction of sp³-hybridized carbons (Fsp3) is 0.333. The Labute approximate surface area is 138 Å². The van der Waals surface area contributed by atoms with Crippen LogP contribution in [0.1, 0.15) is 36.1 Å². The van der Waals surface area contributed by atoms with Crippen molar-refractivity contribution in [1.29, 1.82) is 0 Å². The van der Waals surface area contributed by atoms with Crippen LogP contribution in [0.2, 0.25) is 0 Å². The van der Waals surface area contributed by atoms with Gasteiger partial charge in [0, 0.05) is 18.3 Å². The summed E-state index contributed by atoms with van der Waals surface area (Å²) in [7, 11) is 0. The second-order valence-corrected chi connectivity index (χ2v) is 6.88. The van der Waals surface area contributed by atoms with Crippen molar-refractivity contribution in [3.8, 4) is 0 Å². The monoisotopic (exact) mass is 306 g/mol. The third kappa shape index (κ3) is 3.19. The maximum Gasteiger partial charge on any atom is 0.0885 e. The summed E-state index contributed by atoms with van der Waals surface area (Å²) in [5.74, 6) is 0. The number of ether oxygens (including phenoxy) is 2. The lowest BCUT2D eigenvalue weighted by Gasteiger charge is -2.30. The lowest BCUT2D eigenvalue weighted by atomic mass is 9.73. The Morgan fingerprint density at radius 3 is 1.57 bits per heavy atom. The van der Waals surface area contributed by atoms with Crippen LogP contribution in [0.25, 0.3) is 0 Å². The number of hydrogen-bond acceptors (Lipinski definition) is 2. The first-order valence-corrected chi connectivity index (χ1v) is 8.26. The summed E-state index contributed by atoms with van der Waals surface area (Å²) in [5.41, 5.74) is 5.15. The molecule has 0 amide bonds. The van der Waals surface area contributed by atoms with Crippen molar-refractivity contribution in [2.45, 2.75) is 31.5 Å². The second kappa shape index (κ2) is 5.77. The van der Waals surface area contributed by atoms with E-state index in [4.69, 9.17) is 9.47 Å². The fourth-order valence-electron chi connectivity index (χ4n) is 3.27. The molecule has 0 aliphatic carbocycles. The molecule has 23 heavy (non-hydrogen) atoms. The van der Waals surface area contributed by atoms with E-state index in [9.17, 15) is 0 Å². The lowest BCUT2D eigenvalue weighted by molar-refractivity contribution is 0.431. The van der Waals surface area contributed by atoms with E-state index in [0.29, 0.717) is 0 Å². The molecule has 2 aromatic rings. The molecule has 2 nitrogen and oxygen atoms in total. The summed E-state index contributed by atoms with van der Waals surface area (Å²) in [6.07, 6.45) is 5.06.